The number of phosphoric ester groups is 1. The van der Waals surface area contributed by atoms with Gasteiger partial charge in [-0.05, 0) is 57.2 Å². The molecule has 1 aromatic rings. The van der Waals surface area contributed by atoms with Crippen molar-refractivity contribution in [2.45, 2.75) is 122 Å². The molecule has 0 spiro atoms. The maximum absolute atomic E-state index is 14.9. The molecule has 18 heteroatoms. The maximum Gasteiger partial charge on any atom is 0.471 e. The van der Waals surface area contributed by atoms with Gasteiger partial charge in [0.25, 0.3) is 0 Å². The Morgan fingerprint density at radius 3 is 2.26 bits per heavy atom. The topological polar surface area (TPSA) is 248 Å². The standard InChI is InChI=1S/C36H52NO15P.Ac/c1-18-21(51-30(41)26(39)25(20-12-10-9-11-13-20)37-31(42)52-32(3,4)5)15-36(44)19(2)28-34(8,22(38)14-23-35(28,43)16-48-23)29(40)27(24(18)33(36,6)7)49-17-50-53(45,46)47;/h9-13,19,21-23,25-28,38-39,43-44H,14-17H2,1-8H3,(H,37,42)(H2,45,46,47);/t19?,21?,22?,23?,25?,26?,27?,28?,34-,35?,36?;/m1./s1. The first-order valence-electron chi connectivity index (χ1n) is 17.5. The van der Waals surface area contributed by atoms with Gasteiger partial charge in [0.15, 0.2) is 18.7 Å². The summed E-state index contributed by atoms with van der Waals surface area (Å²) < 4.78 is 39.0. The first kappa shape index (κ1) is 45.4. The van der Waals surface area contributed by atoms with E-state index in [0.717, 1.165) is 0 Å². The molecule has 1 heterocycles. The number of hydrogen-bond donors (Lipinski definition) is 7. The molecule has 54 heavy (non-hydrogen) atoms. The number of ether oxygens (including phenoxy) is 4. The summed E-state index contributed by atoms with van der Waals surface area (Å²) in [7, 11) is -5.09. The summed E-state index contributed by atoms with van der Waals surface area (Å²) in [5.74, 6) is -4.07. The molecule has 1 amide bonds. The van der Waals surface area contributed by atoms with Gasteiger partial charge in [-0.2, -0.15) is 0 Å². The zero-order valence-electron chi connectivity index (χ0n) is 31.7. The second-order valence-corrected chi connectivity index (χ2v) is 17.7. The van der Waals surface area contributed by atoms with Crippen LogP contribution in [0.2, 0.25) is 0 Å². The third-order valence-electron chi connectivity index (χ3n) is 11.9. The molecule has 1 aliphatic heterocycles. The quantitative estimate of drug-likeness (QED) is 0.0812. The van der Waals surface area contributed by atoms with E-state index < -0.39 is 108 Å². The SMILES string of the molecule is CC1=C2C(OCOP(=O)(O)O)C(=O)[C@]3(C)C(O)CC4OCC4(O)C3C(C)C(O)(CC1OC(=O)C(O)C(NC(=O)OC(C)(C)C)c1ccccc1)C2(C)C.[Ac]. The Hall–Kier alpha value is -1.32. The van der Waals surface area contributed by atoms with Crippen LogP contribution in [0, 0.1) is 66.7 Å². The van der Waals surface area contributed by atoms with Crippen molar-refractivity contribution in [3.8, 4) is 0 Å². The summed E-state index contributed by atoms with van der Waals surface area (Å²) in [4.78, 5) is 60.5. The number of esters is 1. The number of hydrogen-bond acceptors (Lipinski definition) is 13. The average Bonchev–Trinajstić information content (AvgIpc) is 3.04. The summed E-state index contributed by atoms with van der Waals surface area (Å²) in [6.07, 6.45) is -8.60. The van der Waals surface area contributed by atoms with Gasteiger partial charge in [-0.25, -0.2) is 14.2 Å². The fourth-order valence-corrected chi connectivity index (χ4v) is 9.39. The number of amides is 1. The predicted octanol–water partition coefficient (Wildman–Crippen LogP) is 2.19. The van der Waals surface area contributed by atoms with E-state index in [1.54, 1.807) is 71.9 Å². The van der Waals surface area contributed by atoms with Gasteiger partial charge in [-0.3, -0.25) is 9.32 Å². The van der Waals surface area contributed by atoms with Crippen LogP contribution in [0.3, 0.4) is 0 Å². The fourth-order valence-electron chi connectivity index (χ4n) is 9.19. The van der Waals surface area contributed by atoms with Crippen molar-refractivity contribution in [1.29, 1.82) is 0 Å². The number of alkyl carbamates (subject to hydrolysis) is 1. The molecule has 5 rings (SSSR count). The van der Waals surface area contributed by atoms with E-state index in [4.69, 9.17) is 18.9 Å². The van der Waals surface area contributed by atoms with Gasteiger partial charge in [0, 0.05) is 68.2 Å². The average molecular weight is 997 g/mol. The van der Waals surface area contributed by atoms with Crippen LogP contribution in [-0.4, -0.2) is 109 Å². The molecule has 1 saturated heterocycles. The van der Waals surface area contributed by atoms with Crippen LogP contribution in [0.5, 0.6) is 0 Å². The Balaban J connectivity index is 0.00000650. The van der Waals surface area contributed by atoms with E-state index in [9.17, 15) is 49.2 Å². The zero-order valence-corrected chi connectivity index (χ0v) is 37.4. The summed E-state index contributed by atoms with van der Waals surface area (Å²) in [5.41, 5.74) is -6.98. The number of phosphoric acid groups is 1. The number of aliphatic hydroxyl groups is 4. The smallest absolute Gasteiger partial charge is 0.456 e. The second-order valence-electron chi connectivity index (χ2n) is 16.5. The molecule has 0 aromatic heterocycles. The molecule has 7 N–H and O–H groups in total. The van der Waals surface area contributed by atoms with Gasteiger partial charge in [0.2, 0.25) is 0 Å². The molecule has 16 nitrogen and oxygen atoms in total. The minimum atomic E-state index is -5.09. The van der Waals surface area contributed by atoms with E-state index in [1.165, 1.54) is 13.8 Å². The van der Waals surface area contributed by atoms with Gasteiger partial charge in [-0.1, -0.05) is 51.1 Å². The Morgan fingerprint density at radius 1 is 1.11 bits per heavy atom. The molecule has 1 aromatic carbocycles. The van der Waals surface area contributed by atoms with Crippen molar-refractivity contribution in [2.24, 2.45) is 22.7 Å². The minimum absolute atomic E-state index is 0. The normalized spacial score (nSPS) is 35.8. The van der Waals surface area contributed by atoms with Gasteiger partial charge < -0.3 is 54.5 Å². The monoisotopic (exact) mass is 996 g/mol. The first-order chi connectivity index (χ1) is 24.3. The molecule has 3 fully saturated rings. The van der Waals surface area contributed by atoms with Crippen LogP contribution in [0.1, 0.15) is 79.8 Å². The van der Waals surface area contributed by atoms with Crippen LogP contribution in [0.15, 0.2) is 41.5 Å². The molecule has 11 atom stereocenters. The fraction of sp³-hybridized carbons (Fsp3) is 0.694. The number of ketones is 1. The number of aliphatic hydroxyl groups excluding tert-OH is 2. The van der Waals surface area contributed by atoms with E-state index >= 15 is 0 Å². The van der Waals surface area contributed by atoms with Crippen molar-refractivity contribution in [3.63, 3.8) is 0 Å². The predicted molar refractivity (Wildman–Crippen MR) is 184 cm³/mol. The Bertz CT molecular complexity index is 1680. The summed E-state index contributed by atoms with van der Waals surface area (Å²) >= 11 is 0. The number of rotatable bonds is 9. The minimum Gasteiger partial charge on any atom is -0.456 e. The third kappa shape index (κ3) is 8.05. The summed E-state index contributed by atoms with van der Waals surface area (Å²) in [6, 6.07) is 6.84. The number of fused-ring (bicyclic) bond motifs is 5. The Kier molecular flexibility index (Phi) is 13.3. The van der Waals surface area contributed by atoms with Crippen molar-refractivity contribution in [2.75, 3.05) is 13.4 Å². The van der Waals surface area contributed by atoms with Crippen LogP contribution in [0.25, 0.3) is 0 Å². The van der Waals surface area contributed by atoms with Gasteiger partial charge in [0.05, 0.1) is 35.9 Å². The van der Waals surface area contributed by atoms with Crippen LogP contribution in [0.4, 0.5) is 4.79 Å². The van der Waals surface area contributed by atoms with Crippen molar-refractivity contribution in [1.82, 2.24) is 5.32 Å². The van der Waals surface area contributed by atoms with Crippen molar-refractivity contribution >= 4 is 25.7 Å². The van der Waals surface area contributed by atoms with Crippen molar-refractivity contribution < 1.29 is 117 Å². The molecule has 299 valence electrons. The van der Waals surface area contributed by atoms with Crippen molar-refractivity contribution in [3.05, 3.63) is 47.0 Å². The summed E-state index contributed by atoms with van der Waals surface area (Å²) in [6.45, 7) is 11.6. The number of carbonyl (C=O) groups excluding carboxylic acids is 3. The van der Waals surface area contributed by atoms with E-state index in [0.29, 0.717) is 5.56 Å². The maximum atomic E-state index is 14.9. The van der Waals surface area contributed by atoms with Crippen LogP contribution < -0.4 is 5.32 Å². The van der Waals surface area contributed by atoms with E-state index in [2.05, 4.69) is 9.84 Å². The Labute approximate surface area is 350 Å². The molecule has 3 aliphatic carbocycles. The van der Waals surface area contributed by atoms with E-state index in [1.807, 2.05) is 0 Å². The molecular weight excluding hydrogens is 944 g/mol. The molecule has 2 saturated carbocycles. The molecule has 4 aliphatic rings. The van der Waals surface area contributed by atoms with E-state index in [-0.39, 0.29) is 74.7 Å². The molecule has 2 bridgehead atoms. The third-order valence-corrected chi connectivity index (χ3v) is 12.4. The molecule has 10 unspecified atom stereocenters. The van der Waals surface area contributed by atoms with Crippen LogP contribution in [-0.2, 0) is 37.6 Å². The van der Waals surface area contributed by atoms with Crippen LogP contribution >= 0.6 is 7.82 Å². The summed E-state index contributed by atoms with van der Waals surface area (Å²) in [5, 5.41) is 50.6. The number of carbonyl (C=O) groups is 3. The van der Waals surface area contributed by atoms with Gasteiger partial charge in [0.1, 0.15) is 23.4 Å². The number of nitrogens with one attached hydrogen (secondary N) is 1. The largest absolute Gasteiger partial charge is 0.471 e. The van der Waals surface area contributed by atoms with Gasteiger partial charge in [-0.15, -0.1) is 0 Å². The number of benzene rings is 1. The molecular formula is C36H52AcNO15P. The van der Waals surface area contributed by atoms with Gasteiger partial charge >= 0.3 is 19.9 Å². The second kappa shape index (κ2) is 15.8. The first-order valence-corrected chi connectivity index (χ1v) is 19.1. The Morgan fingerprint density at radius 2 is 1.72 bits per heavy atom. The number of Topliss-reactive ketones (excluding diaryl/α,β-unsaturated/α-hetero) is 1. The molecule has 1 radical (unpaired) electrons. The zero-order chi connectivity index (χ0) is 39.7.